The average molecular weight is 422 g/mol. The molecule has 0 spiro atoms. The Labute approximate surface area is 181 Å². The van der Waals surface area contributed by atoms with Gasteiger partial charge in [0.1, 0.15) is 5.52 Å². The van der Waals surface area contributed by atoms with Gasteiger partial charge in [-0.3, -0.25) is 10.2 Å². The highest BCUT2D eigenvalue weighted by atomic mass is 16.4. The summed E-state index contributed by atoms with van der Waals surface area (Å²) in [6, 6.07) is 9.72. The number of fused-ring (bicyclic) bond motifs is 1. The second-order valence-electron chi connectivity index (χ2n) is 7.25. The average Bonchev–Trinajstić information content (AvgIpc) is 3.16. The number of nitrogens with one attached hydrogen (secondary N) is 3. The van der Waals surface area contributed by atoms with Gasteiger partial charge >= 0.3 is 0 Å². The van der Waals surface area contributed by atoms with Crippen molar-refractivity contribution in [2.75, 3.05) is 24.3 Å². The first-order valence-corrected chi connectivity index (χ1v) is 10.1. The van der Waals surface area contributed by atoms with Gasteiger partial charge in [0.05, 0.1) is 11.9 Å². The first kappa shape index (κ1) is 21.9. The van der Waals surface area contributed by atoms with Crippen LogP contribution in [0.1, 0.15) is 35.1 Å². The number of benzene rings is 1. The van der Waals surface area contributed by atoms with E-state index in [1.165, 1.54) is 6.21 Å². The molecule has 0 saturated heterocycles. The van der Waals surface area contributed by atoms with Gasteiger partial charge in [0, 0.05) is 31.5 Å². The first-order chi connectivity index (χ1) is 14.9. The fourth-order valence-electron chi connectivity index (χ4n) is 3.16. The number of amides is 1. The Bertz CT molecular complexity index is 1110. The number of nitrogens with zero attached hydrogens (tertiary/aromatic N) is 4. The fourth-order valence-corrected chi connectivity index (χ4v) is 3.16. The summed E-state index contributed by atoms with van der Waals surface area (Å²) >= 11 is 0. The summed E-state index contributed by atoms with van der Waals surface area (Å²) in [7, 11) is 1.75. The molecular formula is C22H27N7O2. The van der Waals surface area contributed by atoms with Crippen molar-refractivity contribution in [1.82, 2.24) is 14.9 Å². The quantitative estimate of drug-likeness (QED) is 0.357. The molecule has 2 heterocycles. The predicted molar refractivity (Wildman–Crippen MR) is 123 cm³/mol. The van der Waals surface area contributed by atoms with E-state index in [0.717, 1.165) is 35.0 Å². The van der Waals surface area contributed by atoms with Crippen LogP contribution < -0.4 is 10.7 Å². The number of pyridine rings is 1. The molecule has 0 saturated carbocycles. The van der Waals surface area contributed by atoms with Crippen LogP contribution in [0.3, 0.4) is 0 Å². The van der Waals surface area contributed by atoms with Crippen molar-refractivity contribution in [3.8, 4) is 0 Å². The Morgan fingerprint density at radius 1 is 1.29 bits per heavy atom. The summed E-state index contributed by atoms with van der Waals surface area (Å²) in [6.07, 6.45) is 3.07. The van der Waals surface area contributed by atoms with Gasteiger partial charge in [0.2, 0.25) is 0 Å². The molecule has 3 N–H and O–H groups in total. The molecule has 1 atom stereocenters. The van der Waals surface area contributed by atoms with Crippen LogP contribution in [0.25, 0.3) is 11.1 Å². The number of hydrazone groups is 1. The second kappa shape index (κ2) is 9.84. The molecule has 1 unspecified atom stereocenters. The molecule has 3 aromatic rings. The third kappa shape index (κ3) is 5.25. The Balaban J connectivity index is 1.74. The van der Waals surface area contributed by atoms with Crippen molar-refractivity contribution in [3.05, 3.63) is 47.3 Å². The van der Waals surface area contributed by atoms with Crippen LogP contribution in [0.4, 0.5) is 11.7 Å². The van der Waals surface area contributed by atoms with E-state index in [4.69, 9.17) is 9.83 Å². The molecule has 9 heteroatoms. The van der Waals surface area contributed by atoms with E-state index < -0.39 is 0 Å². The highest BCUT2D eigenvalue weighted by Crippen LogP contribution is 2.21. The maximum atomic E-state index is 13.2. The molecule has 0 radical (unpaired) electrons. The van der Waals surface area contributed by atoms with E-state index in [2.05, 4.69) is 25.8 Å². The number of oxazole rings is 1. The van der Waals surface area contributed by atoms with Crippen LogP contribution in [-0.4, -0.2) is 52.8 Å². The topological polar surface area (TPSA) is 120 Å². The van der Waals surface area contributed by atoms with Crippen molar-refractivity contribution in [3.63, 3.8) is 0 Å². The van der Waals surface area contributed by atoms with E-state index >= 15 is 0 Å². The van der Waals surface area contributed by atoms with Gasteiger partial charge in [-0.15, -0.1) is 0 Å². The minimum Gasteiger partial charge on any atom is -0.424 e. The highest BCUT2D eigenvalue weighted by molar-refractivity contribution is 6.14. The fraction of sp³-hybridized carbons (Fsp3) is 0.318. The molecule has 9 nitrogen and oxygen atoms in total. The Morgan fingerprint density at radius 2 is 2.10 bits per heavy atom. The van der Waals surface area contributed by atoms with Gasteiger partial charge in [-0.1, -0.05) is 13.0 Å². The third-order valence-corrected chi connectivity index (χ3v) is 4.94. The Kier molecular flexibility index (Phi) is 6.96. The van der Waals surface area contributed by atoms with Crippen LogP contribution in [0, 0.1) is 19.3 Å². The van der Waals surface area contributed by atoms with Crippen molar-refractivity contribution in [2.45, 2.75) is 33.2 Å². The minimum atomic E-state index is -0.224. The minimum absolute atomic E-state index is 0.107. The van der Waals surface area contributed by atoms with Crippen LogP contribution >= 0.6 is 0 Å². The molecule has 2 aromatic heterocycles. The molecule has 0 bridgehead atoms. The van der Waals surface area contributed by atoms with Gasteiger partial charge in [0.25, 0.3) is 11.9 Å². The molecule has 31 heavy (non-hydrogen) atoms. The number of aromatic nitrogens is 2. The van der Waals surface area contributed by atoms with Crippen molar-refractivity contribution >= 4 is 41.1 Å². The number of anilines is 2. The molecule has 1 aromatic carbocycles. The zero-order valence-corrected chi connectivity index (χ0v) is 18.1. The van der Waals surface area contributed by atoms with Gasteiger partial charge in [-0.05, 0) is 50.1 Å². The van der Waals surface area contributed by atoms with Crippen LogP contribution in [-0.2, 0) is 0 Å². The Morgan fingerprint density at radius 3 is 2.84 bits per heavy atom. The lowest BCUT2D eigenvalue weighted by Crippen LogP contribution is -2.41. The lowest BCUT2D eigenvalue weighted by atomic mass is 10.1. The number of aryl methyl sites for hydroxylation is 2. The van der Waals surface area contributed by atoms with E-state index in [1.807, 2.05) is 39.0 Å². The lowest BCUT2D eigenvalue weighted by Gasteiger charge is -2.27. The molecule has 0 aliphatic carbocycles. The SMILES string of the molecule is CCC(CNc1nc2cc(C)ccc2o1)N(C)C(=O)c1nc(C)ccc1N/N=C\C=N. The number of carbonyl (C=O) groups is 1. The smallest absolute Gasteiger partial charge is 0.295 e. The lowest BCUT2D eigenvalue weighted by molar-refractivity contribution is 0.0730. The molecular weight excluding hydrogens is 394 g/mol. The van der Waals surface area contributed by atoms with Gasteiger partial charge in [-0.25, -0.2) is 4.98 Å². The third-order valence-electron chi connectivity index (χ3n) is 4.94. The molecule has 0 fully saturated rings. The summed E-state index contributed by atoms with van der Waals surface area (Å²) in [5.41, 5.74) is 6.90. The molecule has 0 aliphatic heterocycles. The maximum absolute atomic E-state index is 13.2. The van der Waals surface area contributed by atoms with Crippen LogP contribution in [0.15, 0.2) is 39.9 Å². The zero-order valence-electron chi connectivity index (χ0n) is 18.1. The number of hydrogen-bond acceptors (Lipinski definition) is 8. The van der Waals surface area contributed by atoms with Crippen LogP contribution in [0.2, 0.25) is 0 Å². The number of rotatable bonds is 9. The van der Waals surface area contributed by atoms with Crippen molar-refractivity contribution < 1.29 is 9.21 Å². The first-order valence-electron chi connectivity index (χ1n) is 10.1. The maximum Gasteiger partial charge on any atom is 0.295 e. The Hall–Kier alpha value is -3.75. The van der Waals surface area contributed by atoms with Crippen LogP contribution in [0.5, 0.6) is 0 Å². The highest BCUT2D eigenvalue weighted by Gasteiger charge is 2.24. The van der Waals surface area contributed by atoms with Gasteiger partial charge < -0.3 is 20.0 Å². The normalized spacial score (nSPS) is 12.1. The van der Waals surface area contributed by atoms with E-state index in [0.29, 0.717) is 18.2 Å². The van der Waals surface area contributed by atoms with Gasteiger partial charge in [0.15, 0.2) is 11.3 Å². The van der Waals surface area contributed by atoms with Crippen molar-refractivity contribution in [2.24, 2.45) is 5.10 Å². The van der Waals surface area contributed by atoms with Crippen molar-refractivity contribution in [1.29, 1.82) is 5.41 Å². The molecule has 162 valence electrons. The standard InChI is InChI=1S/C22H27N7O2/c1-5-16(13-24-22-27-18-12-14(2)6-9-19(18)31-22)29(4)21(30)20-17(28-25-11-10-23)8-7-15(3)26-20/h6-12,16,23,28H,5,13H2,1-4H3,(H,24,27)/b23-10?,25-11-. The summed E-state index contributed by atoms with van der Waals surface area (Å²) in [5, 5.41) is 14.1. The number of likely N-dealkylation sites (N-methyl/N-ethyl adjacent to an activating group) is 1. The molecule has 1 amide bonds. The summed E-state index contributed by atoms with van der Waals surface area (Å²) in [4.78, 5) is 23.7. The summed E-state index contributed by atoms with van der Waals surface area (Å²) in [5.74, 6) is -0.224. The second-order valence-corrected chi connectivity index (χ2v) is 7.25. The van der Waals surface area contributed by atoms with Gasteiger partial charge in [-0.2, -0.15) is 10.1 Å². The summed E-state index contributed by atoms with van der Waals surface area (Å²) < 4.78 is 5.75. The van der Waals surface area contributed by atoms with E-state index in [-0.39, 0.29) is 17.6 Å². The number of carbonyl (C=O) groups excluding carboxylic acids is 1. The van der Waals surface area contributed by atoms with E-state index in [1.54, 1.807) is 24.1 Å². The molecule has 3 rings (SSSR count). The number of hydrogen-bond donors (Lipinski definition) is 3. The zero-order chi connectivity index (χ0) is 22.4. The largest absolute Gasteiger partial charge is 0.424 e. The summed E-state index contributed by atoms with van der Waals surface area (Å²) in [6.45, 7) is 6.33. The predicted octanol–water partition coefficient (Wildman–Crippen LogP) is 3.85. The monoisotopic (exact) mass is 421 g/mol. The molecule has 0 aliphatic rings. The van der Waals surface area contributed by atoms with E-state index in [9.17, 15) is 4.79 Å².